The van der Waals surface area contributed by atoms with E-state index in [0.29, 0.717) is 22.6 Å². The van der Waals surface area contributed by atoms with Crippen molar-refractivity contribution in [3.63, 3.8) is 0 Å². The van der Waals surface area contributed by atoms with Gasteiger partial charge in [-0.1, -0.05) is 24.3 Å². The van der Waals surface area contributed by atoms with Crippen LogP contribution in [0.15, 0.2) is 47.4 Å². The lowest BCUT2D eigenvalue weighted by Crippen LogP contribution is -2.26. The van der Waals surface area contributed by atoms with Crippen LogP contribution in [0.25, 0.3) is 0 Å². The van der Waals surface area contributed by atoms with Crippen LogP contribution >= 0.6 is 11.8 Å². The molecule has 0 aliphatic rings. The summed E-state index contributed by atoms with van der Waals surface area (Å²) in [4.78, 5) is 11.3. The summed E-state index contributed by atoms with van der Waals surface area (Å²) < 4.78 is 40.5. The average Bonchev–Trinajstić information content (AvgIpc) is 2.56. The number of hydrogen-bond donors (Lipinski definition) is 2. The summed E-state index contributed by atoms with van der Waals surface area (Å²) in [7, 11) is -3.73. The Hall–Kier alpha value is -1.90. The number of rotatable bonds is 8. The maximum atomic E-state index is 13.5. The molecule has 5 nitrogen and oxygen atoms in total. The summed E-state index contributed by atoms with van der Waals surface area (Å²) in [5.74, 6) is 0.0107. The first-order valence-corrected chi connectivity index (χ1v) is 10.2. The number of nitrogens with two attached hydrogens (primary N) is 1. The molecule has 0 spiro atoms. The zero-order valence-corrected chi connectivity index (χ0v) is 15.3. The zero-order chi connectivity index (χ0) is 18.4. The fraction of sp³-hybridized carbons (Fsp3) is 0.235. The Morgan fingerprint density at radius 1 is 1.24 bits per heavy atom. The first-order chi connectivity index (χ1) is 11.8. The van der Waals surface area contributed by atoms with Crippen molar-refractivity contribution >= 4 is 27.7 Å². The van der Waals surface area contributed by atoms with Gasteiger partial charge in [-0.3, -0.25) is 4.79 Å². The van der Waals surface area contributed by atoms with E-state index in [-0.39, 0.29) is 22.8 Å². The minimum absolute atomic E-state index is 0.00833. The summed E-state index contributed by atoms with van der Waals surface area (Å²) in [5.41, 5.74) is 6.62. The Labute approximate surface area is 150 Å². The van der Waals surface area contributed by atoms with Crippen LogP contribution in [0.5, 0.6) is 0 Å². The lowest BCUT2D eigenvalue weighted by atomic mass is 10.1. The second kappa shape index (κ2) is 8.46. The molecule has 0 aliphatic carbocycles. The SMILES string of the molecule is Cc1ccc(S(=O)(=O)NCCSCc2ccccc2F)cc1C(N)=O. The normalized spacial score (nSPS) is 11.4. The molecule has 0 bridgehead atoms. The molecule has 1 amide bonds. The number of carbonyl (C=O) groups is 1. The Morgan fingerprint density at radius 2 is 1.96 bits per heavy atom. The van der Waals surface area contributed by atoms with E-state index >= 15 is 0 Å². The maximum absolute atomic E-state index is 13.5. The number of thioether (sulfide) groups is 1. The monoisotopic (exact) mass is 382 g/mol. The van der Waals surface area contributed by atoms with E-state index in [2.05, 4.69) is 4.72 Å². The van der Waals surface area contributed by atoms with E-state index in [1.807, 2.05) is 0 Å². The predicted molar refractivity (Wildman–Crippen MR) is 97.4 cm³/mol. The molecule has 0 radical (unpaired) electrons. The molecule has 0 saturated heterocycles. The van der Waals surface area contributed by atoms with Crippen molar-refractivity contribution in [3.05, 3.63) is 65.0 Å². The van der Waals surface area contributed by atoms with Crippen LogP contribution < -0.4 is 10.5 Å². The third-order valence-corrected chi connectivity index (χ3v) is 6.01. The third kappa shape index (κ3) is 5.29. The molecule has 3 N–H and O–H groups in total. The molecule has 8 heteroatoms. The number of hydrogen-bond acceptors (Lipinski definition) is 4. The second-order valence-electron chi connectivity index (χ2n) is 5.38. The quantitative estimate of drug-likeness (QED) is 0.686. The zero-order valence-electron chi connectivity index (χ0n) is 13.7. The van der Waals surface area contributed by atoms with Gasteiger partial charge in [0.1, 0.15) is 5.82 Å². The smallest absolute Gasteiger partial charge is 0.249 e. The molecule has 0 fully saturated rings. The largest absolute Gasteiger partial charge is 0.366 e. The minimum Gasteiger partial charge on any atom is -0.366 e. The van der Waals surface area contributed by atoms with Crippen LogP contribution in [0.3, 0.4) is 0 Å². The number of carbonyl (C=O) groups excluding carboxylic acids is 1. The number of nitrogens with one attached hydrogen (secondary N) is 1. The van der Waals surface area contributed by atoms with Gasteiger partial charge in [-0.05, 0) is 36.2 Å². The second-order valence-corrected chi connectivity index (χ2v) is 8.25. The molecule has 0 aromatic heterocycles. The Bertz CT molecular complexity index is 870. The standard InChI is InChI=1S/C17H19FN2O3S2/c1-12-6-7-14(10-15(12)17(19)21)25(22,23)20-8-9-24-11-13-4-2-3-5-16(13)18/h2-7,10,20H,8-9,11H2,1H3,(H2,19,21). The maximum Gasteiger partial charge on any atom is 0.249 e. The Balaban J connectivity index is 1.91. The molecular formula is C17H19FN2O3S2. The van der Waals surface area contributed by atoms with Crippen LogP contribution in [0.4, 0.5) is 4.39 Å². The van der Waals surface area contributed by atoms with Crippen molar-refractivity contribution in [2.45, 2.75) is 17.6 Å². The van der Waals surface area contributed by atoms with E-state index in [1.54, 1.807) is 31.2 Å². The molecule has 0 unspecified atom stereocenters. The molecule has 25 heavy (non-hydrogen) atoms. The lowest BCUT2D eigenvalue weighted by molar-refractivity contribution is 0.0999. The predicted octanol–water partition coefficient (Wildman–Crippen LogP) is 2.44. The average molecular weight is 382 g/mol. The highest BCUT2D eigenvalue weighted by Crippen LogP contribution is 2.17. The molecule has 0 atom stereocenters. The summed E-state index contributed by atoms with van der Waals surface area (Å²) >= 11 is 1.43. The molecule has 0 aliphatic heterocycles. The van der Waals surface area contributed by atoms with Crippen LogP contribution in [0.1, 0.15) is 21.5 Å². The minimum atomic E-state index is -3.73. The number of aryl methyl sites for hydroxylation is 1. The fourth-order valence-corrected chi connectivity index (χ4v) is 4.19. The summed E-state index contributed by atoms with van der Waals surface area (Å²) in [6.45, 7) is 1.88. The summed E-state index contributed by atoms with van der Waals surface area (Å²) in [6, 6.07) is 10.7. The van der Waals surface area contributed by atoms with Crippen LogP contribution in [0.2, 0.25) is 0 Å². The number of halogens is 1. The summed E-state index contributed by atoms with van der Waals surface area (Å²) in [6.07, 6.45) is 0. The number of primary amides is 1. The number of amides is 1. The van der Waals surface area contributed by atoms with Crippen LogP contribution in [-0.2, 0) is 15.8 Å². The fourth-order valence-electron chi connectivity index (χ4n) is 2.16. The highest BCUT2D eigenvalue weighted by molar-refractivity contribution is 7.98. The van der Waals surface area contributed by atoms with Gasteiger partial charge in [-0.25, -0.2) is 17.5 Å². The van der Waals surface area contributed by atoms with Crippen molar-refractivity contribution in [2.75, 3.05) is 12.3 Å². The van der Waals surface area contributed by atoms with Gasteiger partial charge in [-0.15, -0.1) is 0 Å². The van der Waals surface area contributed by atoms with Gasteiger partial charge in [0.15, 0.2) is 0 Å². The molecule has 2 aromatic rings. The van der Waals surface area contributed by atoms with Crippen molar-refractivity contribution in [2.24, 2.45) is 5.73 Å². The van der Waals surface area contributed by atoms with Gasteiger partial charge in [0, 0.05) is 23.6 Å². The van der Waals surface area contributed by atoms with E-state index in [1.165, 1.54) is 30.0 Å². The first-order valence-electron chi connectivity index (χ1n) is 7.52. The third-order valence-electron chi connectivity index (χ3n) is 3.54. The van der Waals surface area contributed by atoms with E-state index in [0.717, 1.165) is 0 Å². The molecule has 134 valence electrons. The van der Waals surface area contributed by atoms with Gasteiger partial charge in [0.25, 0.3) is 0 Å². The van der Waals surface area contributed by atoms with E-state index in [4.69, 9.17) is 5.73 Å². The van der Waals surface area contributed by atoms with Crippen molar-refractivity contribution in [1.29, 1.82) is 0 Å². The lowest BCUT2D eigenvalue weighted by Gasteiger charge is -2.09. The molecule has 0 heterocycles. The topological polar surface area (TPSA) is 89.3 Å². The molecule has 0 saturated carbocycles. The highest BCUT2D eigenvalue weighted by Gasteiger charge is 2.16. The highest BCUT2D eigenvalue weighted by atomic mass is 32.2. The Kier molecular flexibility index (Phi) is 6.57. The Morgan fingerprint density at radius 3 is 2.64 bits per heavy atom. The number of sulfonamides is 1. The van der Waals surface area contributed by atoms with Crippen molar-refractivity contribution in [3.8, 4) is 0 Å². The van der Waals surface area contributed by atoms with Crippen molar-refractivity contribution < 1.29 is 17.6 Å². The van der Waals surface area contributed by atoms with Gasteiger partial charge < -0.3 is 5.73 Å². The van der Waals surface area contributed by atoms with Gasteiger partial charge >= 0.3 is 0 Å². The van der Waals surface area contributed by atoms with E-state index in [9.17, 15) is 17.6 Å². The van der Waals surface area contributed by atoms with Gasteiger partial charge in [-0.2, -0.15) is 11.8 Å². The molecule has 2 rings (SSSR count). The molecular weight excluding hydrogens is 363 g/mol. The van der Waals surface area contributed by atoms with Crippen LogP contribution in [-0.4, -0.2) is 26.6 Å². The van der Waals surface area contributed by atoms with Crippen LogP contribution in [0, 0.1) is 12.7 Å². The summed E-state index contributed by atoms with van der Waals surface area (Å²) in [5, 5.41) is 0. The first kappa shape index (κ1) is 19.4. The van der Waals surface area contributed by atoms with Crippen molar-refractivity contribution in [1.82, 2.24) is 4.72 Å². The molecule has 2 aromatic carbocycles. The number of benzene rings is 2. The van der Waals surface area contributed by atoms with Gasteiger partial charge in [0.05, 0.1) is 4.90 Å². The van der Waals surface area contributed by atoms with E-state index < -0.39 is 15.9 Å². The van der Waals surface area contributed by atoms with Gasteiger partial charge in [0.2, 0.25) is 15.9 Å².